The number of pyridine rings is 2. The summed E-state index contributed by atoms with van der Waals surface area (Å²) in [7, 11) is 1.98. The number of nitrogens with zero attached hydrogens (tertiary/aromatic N) is 4. The zero-order valence-corrected chi connectivity index (χ0v) is 17.2. The predicted molar refractivity (Wildman–Crippen MR) is 117 cm³/mol. The first-order valence-electron chi connectivity index (χ1n) is 9.25. The molecular formula is C21H23N5O2S. The quantitative estimate of drug-likeness (QED) is 0.397. The summed E-state index contributed by atoms with van der Waals surface area (Å²) < 4.78 is 0. The fraction of sp³-hybridized carbons (Fsp3) is 0.238. The van der Waals surface area contributed by atoms with Crippen molar-refractivity contribution in [3.8, 4) is 10.6 Å². The van der Waals surface area contributed by atoms with Crippen molar-refractivity contribution in [2.45, 2.75) is 19.8 Å². The van der Waals surface area contributed by atoms with E-state index < -0.39 is 5.97 Å². The molecule has 8 heteroatoms. The Bertz CT molecular complexity index is 1000. The molecule has 3 rings (SSSR count). The van der Waals surface area contributed by atoms with E-state index in [9.17, 15) is 4.79 Å². The molecule has 0 bridgehead atoms. The van der Waals surface area contributed by atoms with Crippen molar-refractivity contribution < 1.29 is 9.90 Å². The molecule has 3 aromatic rings. The van der Waals surface area contributed by atoms with Crippen molar-refractivity contribution >= 4 is 34.1 Å². The maximum atomic E-state index is 10.5. The van der Waals surface area contributed by atoms with Crippen LogP contribution in [0.5, 0.6) is 0 Å². The summed E-state index contributed by atoms with van der Waals surface area (Å²) >= 11 is 1.58. The van der Waals surface area contributed by atoms with Crippen LogP contribution in [0.4, 0.5) is 16.8 Å². The fourth-order valence-corrected chi connectivity index (χ4v) is 3.54. The average molecular weight is 410 g/mol. The fourth-order valence-electron chi connectivity index (χ4n) is 2.66. The molecule has 0 atom stereocenters. The topological polar surface area (TPSA) is 91.2 Å². The molecule has 29 heavy (non-hydrogen) atoms. The molecule has 0 unspecified atom stereocenters. The molecule has 0 spiro atoms. The smallest absolute Gasteiger partial charge is 0.327 e. The predicted octanol–water partition coefficient (Wildman–Crippen LogP) is 4.51. The van der Waals surface area contributed by atoms with Gasteiger partial charge in [0, 0.05) is 32.1 Å². The molecular weight excluding hydrogens is 386 g/mol. The van der Waals surface area contributed by atoms with Gasteiger partial charge in [-0.2, -0.15) is 0 Å². The number of nitrogens with one attached hydrogen (secondary N) is 1. The Kier molecular flexibility index (Phi) is 6.91. The molecule has 150 valence electrons. The molecule has 0 aliphatic rings. The monoisotopic (exact) mass is 409 g/mol. The molecule has 0 aliphatic carbocycles. The van der Waals surface area contributed by atoms with Crippen molar-refractivity contribution in [2.24, 2.45) is 0 Å². The molecule has 0 aliphatic heterocycles. The lowest BCUT2D eigenvalue weighted by molar-refractivity contribution is -0.131. The number of rotatable bonds is 9. The van der Waals surface area contributed by atoms with Gasteiger partial charge in [-0.3, -0.25) is 0 Å². The van der Waals surface area contributed by atoms with Crippen LogP contribution in [0.25, 0.3) is 10.6 Å². The summed E-state index contributed by atoms with van der Waals surface area (Å²) in [5.41, 5.74) is 1.98. The Hall–Kier alpha value is -3.26. The highest BCUT2D eigenvalue weighted by atomic mass is 32.1. The number of hydrogen-bond acceptors (Lipinski definition) is 7. The molecule has 0 amide bonds. The van der Waals surface area contributed by atoms with E-state index in [1.54, 1.807) is 23.6 Å². The first kappa shape index (κ1) is 20.5. The normalized spacial score (nSPS) is 11.0. The van der Waals surface area contributed by atoms with Crippen LogP contribution in [0.15, 0.2) is 54.9 Å². The SMILES string of the molecule is Cc1ccnc(Nc2cccc(-c3cnc(N(C)CCCC=CC(=O)O)s3)n2)c1. The van der Waals surface area contributed by atoms with Gasteiger partial charge in [-0.25, -0.2) is 19.7 Å². The summed E-state index contributed by atoms with van der Waals surface area (Å²) in [5, 5.41) is 12.7. The Morgan fingerprint density at radius 1 is 1.28 bits per heavy atom. The number of aryl methyl sites for hydroxylation is 1. The highest BCUT2D eigenvalue weighted by Crippen LogP contribution is 2.30. The molecule has 3 aromatic heterocycles. The van der Waals surface area contributed by atoms with Crippen LogP contribution < -0.4 is 10.2 Å². The Labute approximate surface area is 173 Å². The van der Waals surface area contributed by atoms with E-state index in [1.165, 1.54) is 6.08 Å². The number of carboxylic acids is 1. The van der Waals surface area contributed by atoms with Gasteiger partial charge in [0.25, 0.3) is 0 Å². The van der Waals surface area contributed by atoms with Gasteiger partial charge in [-0.15, -0.1) is 0 Å². The third-order valence-electron chi connectivity index (χ3n) is 4.12. The van der Waals surface area contributed by atoms with Crippen LogP contribution in [0.3, 0.4) is 0 Å². The number of carbonyl (C=O) groups is 1. The number of anilines is 3. The lowest BCUT2D eigenvalue weighted by Crippen LogP contribution is -2.17. The largest absolute Gasteiger partial charge is 0.478 e. The van der Waals surface area contributed by atoms with Gasteiger partial charge in [0.15, 0.2) is 5.13 Å². The number of carboxylic acid groups (broad SMARTS) is 1. The number of aromatic nitrogens is 3. The highest BCUT2D eigenvalue weighted by molar-refractivity contribution is 7.18. The van der Waals surface area contributed by atoms with Crippen LogP contribution in [0.1, 0.15) is 18.4 Å². The van der Waals surface area contributed by atoms with E-state index in [0.29, 0.717) is 0 Å². The van der Waals surface area contributed by atoms with E-state index in [0.717, 1.165) is 52.3 Å². The zero-order valence-electron chi connectivity index (χ0n) is 16.4. The number of unbranched alkanes of at least 4 members (excludes halogenated alkanes) is 1. The number of allylic oxidation sites excluding steroid dienone is 1. The average Bonchev–Trinajstić information content (AvgIpc) is 3.18. The zero-order chi connectivity index (χ0) is 20.6. The molecule has 2 N–H and O–H groups in total. The van der Waals surface area contributed by atoms with E-state index in [1.807, 2.05) is 50.5 Å². The summed E-state index contributed by atoms with van der Waals surface area (Å²) in [5.74, 6) is 0.579. The second-order valence-corrected chi connectivity index (χ2v) is 7.57. The van der Waals surface area contributed by atoms with E-state index >= 15 is 0 Å². The molecule has 0 saturated heterocycles. The van der Waals surface area contributed by atoms with Crippen LogP contribution in [0.2, 0.25) is 0 Å². The van der Waals surface area contributed by atoms with E-state index in [4.69, 9.17) is 5.11 Å². The van der Waals surface area contributed by atoms with Gasteiger partial charge in [0.2, 0.25) is 0 Å². The van der Waals surface area contributed by atoms with Crippen LogP contribution in [0, 0.1) is 6.92 Å². The second kappa shape index (κ2) is 9.79. The summed E-state index contributed by atoms with van der Waals surface area (Å²) in [6.07, 6.45) is 8.03. The van der Waals surface area contributed by atoms with Gasteiger partial charge in [-0.05, 0) is 49.6 Å². The minimum Gasteiger partial charge on any atom is -0.478 e. The van der Waals surface area contributed by atoms with Gasteiger partial charge in [0.1, 0.15) is 11.6 Å². The highest BCUT2D eigenvalue weighted by Gasteiger charge is 2.10. The van der Waals surface area contributed by atoms with Crippen LogP contribution in [-0.4, -0.2) is 39.6 Å². The van der Waals surface area contributed by atoms with Gasteiger partial charge >= 0.3 is 5.97 Å². The minimum absolute atomic E-state index is 0.719. The Balaban J connectivity index is 1.63. The third kappa shape index (κ3) is 6.11. The van der Waals surface area contributed by atoms with Crippen molar-refractivity contribution in [2.75, 3.05) is 23.8 Å². The summed E-state index contributed by atoms with van der Waals surface area (Å²) in [4.78, 5) is 27.0. The minimum atomic E-state index is -0.912. The lowest BCUT2D eigenvalue weighted by atomic mass is 10.3. The second-order valence-electron chi connectivity index (χ2n) is 6.56. The third-order valence-corrected chi connectivity index (χ3v) is 5.25. The first-order chi connectivity index (χ1) is 14.0. The van der Waals surface area contributed by atoms with Crippen LogP contribution >= 0.6 is 11.3 Å². The van der Waals surface area contributed by atoms with Crippen molar-refractivity contribution in [3.05, 3.63) is 60.4 Å². The van der Waals surface area contributed by atoms with Gasteiger partial charge in [0.05, 0.1) is 10.6 Å². The summed E-state index contributed by atoms with van der Waals surface area (Å²) in [6.45, 7) is 2.82. The number of hydrogen-bond donors (Lipinski definition) is 2. The standard InChI is InChI=1S/C21H23N5O2S/c1-15-10-11-22-19(13-15)25-18-8-6-7-16(24-18)17-14-23-21(29-17)26(2)12-5-3-4-9-20(27)28/h4,6-11,13-14H,3,5,12H2,1-2H3,(H,27,28)(H,22,24,25). The molecule has 0 aromatic carbocycles. The Morgan fingerprint density at radius 3 is 2.93 bits per heavy atom. The maximum absolute atomic E-state index is 10.5. The maximum Gasteiger partial charge on any atom is 0.327 e. The molecule has 0 saturated carbocycles. The lowest BCUT2D eigenvalue weighted by Gasteiger charge is -2.14. The molecule has 3 heterocycles. The number of thiazole rings is 1. The van der Waals surface area contributed by atoms with Crippen molar-refractivity contribution in [3.63, 3.8) is 0 Å². The van der Waals surface area contributed by atoms with Gasteiger partial charge in [-0.1, -0.05) is 23.5 Å². The Morgan fingerprint density at radius 2 is 2.14 bits per heavy atom. The van der Waals surface area contributed by atoms with Crippen molar-refractivity contribution in [1.82, 2.24) is 15.0 Å². The molecule has 0 fully saturated rings. The van der Waals surface area contributed by atoms with E-state index in [2.05, 4.69) is 25.2 Å². The van der Waals surface area contributed by atoms with Gasteiger partial charge < -0.3 is 15.3 Å². The number of aliphatic carboxylic acids is 1. The first-order valence-corrected chi connectivity index (χ1v) is 10.1. The molecule has 7 nitrogen and oxygen atoms in total. The summed E-state index contributed by atoms with van der Waals surface area (Å²) in [6, 6.07) is 9.75. The molecule has 0 radical (unpaired) electrons. The van der Waals surface area contributed by atoms with Crippen molar-refractivity contribution in [1.29, 1.82) is 0 Å². The van der Waals surface area contributed by atoms with E-state index in [-0.39, 0.29) is 0 Å². The van der Waals surface area contributed by atoms with Crippen LogP contribution in [-0.2, 0) is 4.79 Å².